The molecule has 0 fully saturated rings. The first-order valence-electron chi connectivity index (χ1n) is 6.62. The number of allylic oxidation sites excluding steroid dienone is 1. The highest BCUT2D eigenvalue weighted by Gasteiger charge is 2.28. The molecular weight excluding hydrogens is 276 g/mol. The summed E-state index contributed by atoms with van der Waals surface area (Å²) in [6.07, 6.45) is 3.24. The molecule has 0 saturated carbocycles. The lowest BCUT2D eigenvalue weighted by Crippen LogP contribution is -2.36. The normalized spacial score (nSPS) is 25.6. The zero-order valence-electron chi connectivity index (χ0n) is 12.2. The van der Waals surface area contributed by atoms with Crippen molar-refractivity contribution in [1.82, 2.24) is 0 Å². The Morgan fingerprint density at radius 2 is 2.14 bits per heavy atom. The Labute approximate surface area is 123 Å². The maximum Gasteiger partial charge on any atom is 0.334 e. The molecule has 1 aliphatic rings. The summed E-state index contributed by atoms with van der Waals surface area (Å²) < 4.78 is 10.3. The van der Waals surface area contributed by atoms with Gasteiger partial charge in [-0.1, -0.05) is 12.2 Å². The molecule has 0 radical (unpaired) electrons. The fourth-order valence-corrected chi connectivity index (χ4v) is 1.50. The van der Waals surface area contributed by atoms with Crippen molar-refractivity contribution in [3.8, 4) is 0 Å². The smallest absolute Gasteiger partial charge is 0.334 e. The first-order chi connectivity index (χ1) is 9.85. The Morgan fingerprint density at radius 3 is 2.71 bits per heavy atom. The number of ether oxygens (including phenoxy) is 2. The number of carbonyl (C=O) groups is 2. The van der Waals surface area contributed by atoms with Crippen LogP contribution in [0.5, 0.6) is 0 Å². The van der Waals surface area contributed by atoms with Crippen molar-refractivity contribution in [2.75, 3.05) is 0 Å². The van der Waals surface area contributed by atoms with Crippen molar-refractivity contribution in [1.29, 1.82) is 0 Å². The summed E-state index contributed by atoms with van der Waals surface area (Å²) >= 11 is 0. The van der Waals surface area contributed by atoms with Crippen molar-refractivity contribution < 1.29 is 29.3 Å². The molecule has 0 saturated heterocycles. The Morgan fingerprint density at radius 1 is 1.48 bits per heavy atom. The molecule has 0 aromatic heterocycles. The molecule has 6 heteroatoms. The molecule has 0 aromatic rings. The molecule has 1 heterocycles. The lowest BCUT2D eigenvalue weighted by atomic mass is 10.1. The molecule has 0 aliphatic carbocycles. The van der Waals surface area contributed by atoms with Crippen molar-refractivity contribution in [2.45, 2.75) is 45.2 Å². The number of aliphatic hydroxyl groups is 2. The fraction of sp³-hybridized carbons (Fsp3) is 0.467. The van der Waals surface area contributed by atoms with Gasteiger partial charge in [0.05, 0.1) is 12.2 Å². The van der Waals surface area contributed by atoms with Gasteiger partial charge in [0.2, 0.25) is 0 Å². The predicted octanol–water partition coefficient (Wildman–Crippen LogP) is 0.644. The fourth-order valence-electron chi connectivity index (χ4n) is 1.50. The molecular formula is C15H20O6. The van der Waals surface area contributed by atoms with E-state index in [1.807, 2.05) is 0 Å². The highest BCUT2D eigenvalue weighted by atomic mass is 16.6. The average Bonchev–Trinajstić information content (AvgIpc) is 2.45. The summed E-state index contributed by atoms with van der Waals surface area (Å²) in [5.41, 5.74) is 0.437. The van der Waals surface area contributed by atoms with Gasteiger partial charge in [-0.2, -0.15) is 0 Å². The molecule has 21 heavy (non-hydrogen) atoms. The average molecular weight is 296 g/mol. The van der Waals surface area contributed by atoms with Gasteiger partial charge >= 0.3 is 11.9 Å². The van der Waals surface area contributed by atoms with E-state index in [1.54, 1.807) is 19.9 Å². The summed E-state index contributed by atoms with van der Waals surface area (Å²) in [5, 5.41) is 18.7. The quantitative estimate of drug-likeness (QED) is 0.439. The summed E-state index contributed by atoms with van der Waals surface area (Å²) in [7, 11) is 0. The Kier molecular flexibility index (Phi) is 6.33. The summed E-state index contributed by atoms with van der Waals surface area (Å²) in [6.45, 7) is 4.75. The van der Waals surface area contributed by atoms with Crippen LogP contribution in [-0.4, -0.2) is 46.6 Å². The first-order valence-corrected chi connectivity index (χ1v) is 6.62. The SMILES string of the molecule is C/C=C(\C)C(=O)O[C@@H]1C=CC(=O)O[C@@H]1/C=C/[C@H](O)[C@H](C)O. The lowest BCUT2D eigenvalue weighted by Gasteiger charge is -2.25. The molecule has 4 atom stereocenters. The van der Waals surface area contributed by atoms with Gasteiger partial charge in [-0.3, -0.25) is 0 Å². The molecule has 1 rings (SSSR count). The largest absolute Gasteiger partial charge is 0.451 e. The van der Waals surface area contributed by atoms with Crippen LogP contribution in [0.15, 0.2) is 36.0 Å². The second-order valence-corrected chi connectivity index (χ2v) is 4.72. The second kappa shape index (κ2) is 7.75. The van der Waals surface area contributed by atoms with Crippen molar-refractivity contribution in [2.24, 2.45) is 0 Å². The van der Waals surface area contributed by atoms with Crippen LogP contribution >= 0.6 is 0 Å². The summed E-state index contributed by atoms with van der Waals surface area (Å²) in [6, 6.07) is 0. The van der Waals surface area contributed by atoms with E-state index >= 15 is 0 Å². The van der Waals surface area contributed by atoms with E-state index < -0.39 is 36.4 Å². The Balaban J connectivity index is 2.81. The highest BCUT2D eigenvalue weighted by Crippen LogP contribution is 2.16. The molecule has 0 amide bonds. The van der Waals surface area contributed by atoms with E-state index in [-0.39, 0.29) is 0 Å². The van der Waals surface area contributed by atoms with Gasteiger partial charge in [-0.15, -0.1) is 0 Å². The van der Waals surface area contributed by atoms with Crippen LogP contribution in [0.2, 0.25) is 0 Å². The van der Waals surface area contributed by atoms with Gasteiger partial charge in [0.1, 0.15) is 0 Å². The number of carbonyl (C=O) groups excluding carboxylic acids is 2. The van der Waals surface area contributed by atoms with Gasteiger partial charge < -0.3 is 19.7 Å². The number of hydrogen-bond donors (Lipinski definition) is 2. The van der Waals surface area contributed by atoms with E-state index in [4.69, 9.17) is 9.47 Å². The molecule has 6 nitrogen and oxygen atoms in total. The number of aliphatic hydroxyl groups excluding tert-OH is 2. The molecule has 2 N–H and O–H groups in total. The number of hydrogen-bond acceptors (Lipinski definition) is 6. The minimum atomic E-state index is -1.09. The van der Waals surface area contributed by atoms with Gasteiger partial charge in [0, 0.05) is 11.6 Å². The third kappa shape index (κ3) is 5.17. The lowest BCUT2D eigenvalue weighted by molar-refractivity contribution is -0.157. The van der Waals surface area contributed by atoms with E-state index in [0.717, 1.165) is 0 Å². The van der Waals surface area contributed by atoms with Gasteiger partial charge in [0.25, 0.3) is 0 Å². The second-order valence-electron chi connectivity index (χ2n) is 4.72. The third-order valence-electron chi connectivity index (χ3n) is 2.99. The zero-order chi connectivity index (χ0) is 16.0. The monoisotopic (exact) mass is 296 g/mol. The van der Waals surface area contributed by atoms with Crippen LogP contribution in [-0.2, 0) is 19.1 Å². The molecule has 116 valence electrons. The van der Waals surface area contributed by atoms with Crippen molar-refractivity contribution in [3.63, 3.8) is 0 Å². The van der Waals surface area contributed by atoms with E-state index in [2.05, 4.69) is 0 Å². The van der Waals surface area contributed by atoms with Crippen LogP contribution in [0.25, 0.3) is 0 Å². The summed E-state index contributed by atoms with van der Waals surface area (Å²) in [4.78, 5) is 23.0. The maximum absolute atomic E-state index is 11.7. The van der Waals surface area contributed by atoms with Crippen LogP contribution < -0.4 is 0 Å². The van der Waals surface area contributed by atoms with E-state index in [1.165, 1.54) is 31.2 Å². The van der Waals surface area contributed by atoms with Crippen molar-refractivity contribution >= 4 is 11.9 Å². The molecule has 0 aromatic carbocycles. The predicted molar refractivity (Wildman–Crippen MR) is 75.2 cm³/mol. The topological polar surface area (TPSA) is 93.1 Å². The van der Waals surface area contributed by atoms with E-state index in [9.17, 15) is 19.8 Å². The van der Waals surface area contributed by atoms with Gasteiger partial charge in [-0.05, 0) is 32.9 Å². The first kappa shape index (κ1) is 17.1. The number of cyclic esters (lactones) is 1. The maximum atomic E-state index is 11.7. The van der Waals surface area contributed by atoms with E-state index in [0.29, 0.717) is 5.57 Å². The molecule has 0 spiro atoms. The number of esters is 2. The minimum absolute atomic E-state index is 0.437. The summed E-state index contributed by atoms with van der Waals surface area (Å²) in [5.74, 6) is -1.08. The van der Waals surface area contributed by atoms with Crippen molar-refractivity contribution in [3.05, 3.63) is 36.0 Å². The Bertz CT molecular complexity index is 475. The standard InChI is InChI=1S/C15H20O6/c1-4-9(2)15(19)21-13-7-8-14(18)20-12(13)6-5-11(17)10(3)16/h4-8,10-13,16-17H,1-3H3/b6-5+,9-4+/t10-,11-,12+,13+/m0/s1. The molecule has 0 bridgehead atoms. The van der Waals surface area contributed by atoms with Crippen LogP contribution in [0.1, 0.15) is 20.8 Å². The van der Waals surface area contributed by atoms with Gasteiger partial charge in [0.15, 0.2) is 12.2 Å². The Hall–Kier alpha value is -1.92. The third-order valence-corrected chi connectivity index (χ3v) is 2.99. The molecule has 0 unspecified atom stereocenters. The molecule has 1 aliphatic heterocycles. The zero-order valence-corrected chi connectivity index (χ0v) is 12.2. The van der Waals surface area contributed by atoms with Gasteiger partial charge in [-0.25, -0.2) is 9.59 Å². The minimum Gasteiger partial charge on any atom is -0.451 e. The van der Waals surface area contributed by atoms with Crippen LogP contribution in [0.3, 0.4) is 0 Å². The van der Waals surface area contributed by atoms with Crippen LogP contribution in [0.4, 0.5) is 0 Å². The highest BCUT2D eigenvalue weighted by molar-refractivity contribution is 5.88. The number of rotatable bonds is 5. The van der Waals surface area contributed by atoms with Crippen LogP contribution in [0, 0.1) is 0 Å².